The summed E-state index contributed by atoms with van der Waals surface area (Å²) in [5.41, 5.74) is 5.72. The van der Waals surface area contributed by atoms with E-state index < -0.39 is 0 Å². The second-order valence-corrected chi connectivity index (χ2v) is 4.00. The van der Waals surface area contributed by atoms with Crippen LogP contribution in [0.25, 0.3) is 0 Å². The van der Waals surface area contributed by atoms with Gasteiger partial charge in [0.2, 0.25) is 5.82 Å². The standard InChI is InChI=1S/C10H19N5O/c1-4-10(11,5-2)6-12-9(16)8-13-7(3)14-15-8/h4-6,11H2,1-3H3,(H,12,16)(H,13,14,15). The summed E-state index contributed by atoms with van der Waals surface area (Å²) in [6.45, 7) is 6.20. The van der Waals surface area contributed by atoms with Crippen molar-refractivity contribution in [2.75, 3.05) is 6.54 Å². The third-order valence-corrected chi connectivity index (χ3v) is 2.81. The Morgan fingerprint density at radius 2 is 2.12 bits per heavy atom. The Kier molecular flexibility index (Phi) is 4.00. The van der Waals surface area contributed by atoms with E-state index in [0.29, 0.717) is 12.4 Å². The molecule has 90 valence electrons. The Morgan fingerprint density at radius 1 is 1.50 bits per heavy atom. The number of aromatic amines is 1. The molecule has 6 nitrogen and oxygen atoms in total. The number of aryl methyl sites for hydroxylation is 1. The highest BCUT2D eigenvalue weighted by Crippen LogP contribution is 2.09. The van der Waals surface area contributed by atoms with Crippen molar-refractivity contribution in [3.8, 4) is 0 Å². The highest BCUT2D eigenvalue weighted by molar-refractivity contribution is 5.90. The molecule has 0 aliphatic carbocycles. The second kappa shape index (κ2) is 5.07. The summed E-state index contributed by atoms with van der Waals surface area (Å²) < 4.78 is 0. The van der Waals surface area contributed by atoms with E-state index in [2.05, 4.69) is 20.5 Å². The Hall–Kier alpha value is -1.43. The molecule has 0 unspecified atom stereocenters. The van der Waals surface area contributed by atoms with Gasteiger partial charge < -0.3 is 11.1 Å². The van der Waals surface area contributed by atoms with Gasteiger partial charge in [-0.25, -0.2) is 4.98 Å². The van der Waals surface area contributed by atoms with Gasteiger partial charge in [-0.05, 0) is 19.8 Å². The number of amides is 1. The number of aromatic nitrogens is 3. The number of H-pyrrole nitrogens is 1. The van der Waals surface area contributed by atoms with Gasteiger partial charge in [-0.1, -0.05) is 13.8 Å². The molecule has 1 aromatic rings. The van der Waals surface area contributed by atoms with Crippen molar-refractivity contribution in [1.29, 1.82) is 0 Å². The van der Waals surface area contributed by atoms with Gasteiger partial charge in [-0.15, -0.1) is 5.10 Å². The maximum Gasteiger partial charge on any atom is 0.291 e. The molecule has 0 spiro atoms. The molecular weight excluding hydrogens is 206 g/mol. The summed E-state index contributed by atoms with van der Waals surface area (Å²) >= 11 is 0. The van der Waals surface area contributed by atoms with Crippen LogP contribution >= 0.6 is 0 Å². The first-order valence-electron chi connectivity index (χ1n) is 5.47. The van der Waals surface area contributed by atoms with Crippen LogP contribution in [0.15, 0.2) is 0 Å². The first kappa shape index (κ1) is 12.6. The third-order valence-electron chi connectivity index (χ3n) is 2.81. The number of hydrogen-bond acceptors (Lipinski definition) is 4. The predicted molar refractivity (Wildman–Crippen MR) is 61.0 cm³/mol. The monoisotopic (exact) mass is 225 g/mol. The van der Waals surface area contributed by atoms with Crippen LogP contribution in [0, 0.1) is 6.92 Å². The summed E-state index contributed by atoms with van der Waals surface area (Å²) in [7, 11) is 0. The van der Waals surface area contributed by atoms with E-state index in [-0.39, 0.29) is 17.3 Å². The van der Waals surface area contributed by atoms with E-state index in [1.54, 1.807) is 6.92 Å². The number of nitrogens with two attached hydrogens (primary N) is 1. The zero-order chi connectivity index (χ0) is 12.2. The highest BCUT2D eigenvalue weighted by atomic mass is 16.2. The van der Waals surface area contributed by atoms with Gasteiger partial charge in [-0.2, -0.15) is 0 Å². The molecule has 1 aromatic heterocycles. The Labute approximate surface area is 95.0 Å². The maximum absolute atomic E-state index is 11.6. The minimum Gasteiger partial charge on any atom is -0.347 e. The number of nitrogens with one attached hydrogen (secondary N) is 2. The minimum atomic E-state index is -0.346. The number of carbonyl (C=O) groups excluding carboxylic acids is 1. The molecule has 0 aliphatic heterocycles. The van der Waals surface area contributed by atoms with E-state index in [0.717, 1.165) is 12.8 Å². The fourth-order valence-corrected chi connectivity index (χ4v) is 1.28. The molecule has 0 radical (unpaired) electrons. The summed E-state index contributed by atoms with van der Waals surface area (Å²) in [5, 5.41) is 9.15. The van der Waals surface area contributed by atoms with Crippen molar-refractivity contribution in [1.82, 2.24) is 20.5 Å². The minimum absolute atomic E-state index is 0.159. The first-order chi connectivity index (χ1) is 7.50. The molecule has 1 rings (SSSR count). The fourth-order valence-electron chi connectivity index (χ4n) is 1.28. The van der Waals surface area contributed by atoms with E-state index >= 15 is 0 Å². The normalized spacial score (nSPS) is 11.5. The smallest absolute Gasteiger partial charge is 0.291 e. The molecular formula is C10H19N5O. The van der Waals surface area contributed by atoms with Crippen molar-refractivity contribution in [2.45, 2.75) is 39.2 Å². The van der Waals surface area contributed by atoms with E-state index in [4.69, 9.17) is 5.73 Å². The molecule has 16 heavy (non-hydrogen) atoms. The Morgan fingerprint density at radius 3 is 2.56 bits per heavy atom. The van der Waals surface area contributed by atoms with Crippen LogP contribution in [0.1, 0.15) is 43.1 Å². The highest BCUT2D eigenvalue weighted by Gasteiger charge is 2.22. The summed E-state index contributed by atoms with van der Waals surface area (Å²) in [4.78, 5) is 15.6. The molecule has 6 heteroatoms. The lowest BCUT2D eigenvalue weighted by Gasteiger charge is -2.26. The van der Waals surface area contributed by atoms with Crippen LogP contribution in [0.3, 0.4) is 0 Å². The number of hydrogen-bond donors (Lipinski definition) is 3. The average Bonchev–Trinajstić information content (AvgIpc) is 2.72. The number of rotatable bonds is 5. The van der Waals surface area contributed by atoms with Gasteiger partial charge in [0, 0.05) is 12.1 Å². The van der Waals surface area contributed by atoms with Gasteiger partial charge in [-0.3, -0.25) is 9.89 Å². The Balaban J connectivity index is 2.53. The molecule has 0 atom stereocenters. The summed E-state index contributed by atoms with van der Waals surface area (Å²) in [6.07, 6.45) is 1.63. The molecule has 0 aromatic carbocycles. The maximum atomic E-state index is 11.6. The van der Waals surface area contributed by atoms with Crippen LogP contribution in [-0.2, 0) is 0 Å². The van der Waals surface area contributed by atoms with Gasteiger partial charge in [0.25, 0.3) is 5.91 Å². The van der Waals surface area contributed by atoms with Crippen LogP contribution < -0.4 is 11.1 Å². The van der Waals surface area contributed by atoms with Gasteiger partial charge in [0.05, 0.1) is 0 Å². The molecule has 0 aliphatic rings. The van der Waals surface area contributed by atoms with Crippen LogP contribution in [0.4, 0.5) is 0 Å². The quantitative estimate of drug-likeness (QED) is 0.674. The molecule has 0 saturated heterocycles. The predicted octanol–water partition coefficient (Wildman–Crippen LogP) is 0.360. The van der Waals surface area contributed by atoms with Crippen LogP contribution in [-0.4, -0.2) is 33.2 Å². The van der Waals surface area contributed by atoms with Crippen molar-refractivity contribution < 1.29 is 4.79 Å². The summed E-state index contributed by atoms with van der Waals surface area (Å²) in [6, 6.07) is 0. The molecule has 1 heterocycles. The fraction of sp³-hybridized carbons (Fsp3) is 0.700. The zero-order valence-corrected chi connectivity index (χ0v) is 10.0. The number of carbonyl (C=O) groups is 1. The third kappa shape index (κ3) is 3.03. The van der Waals surface area contributed by atoms with E-state index in [9.17, 15) is 4.79 Å². The largest absolute Gasteiger partial charge is 0.347 e. The molecule has 0 saturated carbocycles. The lowest BCUT2D eigenvalue weighted by atomic mass is 9.94. The van der Waals surface area contributed by atoms with Gasteiger partial charge in [0.15, 0.2) is 0 Å². The molecule has 0 bridgehead atoms. The van der Waals surface area contributed by atoms with Crippen molar-refractivity contribution >= 4 is 5.91 Å². The zero-order valence-electron chi connectivity index (χ0n) is 10.0. The van der Waals surface area contributed by atoms with Gasteiger partial charge in [0.1, 0.15) is 5.82 Å². The second-order valence-electron chi connectivity index (χ2n) is 4.00. The number of nitrogens with zero attached hydrogens (tertiary/aromatic N) is 2. The average molecular weight is 225 g/mol. The molecule has 0 fully saturated rings. The van der Waals surface area contributed by atoms with E-state index in [1.165, 1.54) is 0 Å². The van der Waals surface area contributed by atoms with Gasteiger partial charge >= 0.3 is 0 Å². The molecule has 4 N–H and O–H groups in total. The summed E-state index contributed by atoms with van der Waals surface area (Å²) in [5.74, 6) is 0.489. The van der Waals surface area contributed by atoms with Crippen molar-refractivity contribution in [2.24, 2.45) is 5.73 Å². The Bertz CT molecular complexity index is 356. The van der Waals surface area contributed by atoms with Crippen LogP contribution in [0.2, 0.25) is 0 Å². The molecule has 1 amide bonds. The SMILES string of the molecule is CCC(N)(CC)CNC(=O)c1n[nH]c(C)n1. The van der Waals surface area contributed by atoms with Crippen molar-refractivity contribution in [3.05, 3.63) is 11.6 Å². The van der Waals surface area contributed by atoms with E-state index in [1.807, 2.05) is 13.8 Å². The lowest BCUT2D eigenvalue weighted by molar-refractivity contribution is 0.0932. The first-order valence-corrected chi connectivity index (χ1v) is 5.47. The topological polar surface area (TPSA) is 96.7 Å². The van der Waals surface area contributed by atoms with Crippen LogP contribution in [0.5, 0.6) is 0 Å². The van der Waals surface area contributed by atoms with Crippen molar-refractivity contribution in [3.63, 3.8) is 0 Å². The lowest BCUT2D eigenvalue weighted by Crippen LogP contribution is -2.49.